The monoisotopic (exact) mass is 546 g/mol. The number of halogens is 1. The summed E-state index contributed by atoms with van der Waals surface area (Å²) in [6, 6.07) is 14.1. The van der Waals surface area contributed by atoms with Crippen LogP contribution in [0.4, 0.5) is 0 Å². The first-order valence-electron chi connectivity index (χ1n) is 11.1. The summed E-state index contributed by atoms with van der Waals surface area (Å²) in [5.41, 5.74) is 1.73. The van der Waals surface area contributed by atoms with Gasteiger partial charge in [-0.2, -0.15) is 4.98 Å². The fourth-order valence-electron chi connectivity index (χ4n) is 4.09. The van der Waals surface area contributed by atoms with E-state index in [9.17, 15) is 13.2 Å². The third-order valence-corrected chi connectivity index (χ3v) is 7.57. The zero-order chi connectivity index (χ0) is 24.3. The maximum Gasteiger partial charge on any atom is 0.241 e. The lowest BCUT2D eigenvalue weighted by atomic mass is 9.96. The maximum atomic E-state index is 12.9. The molecule has 1 aromatic heterocycles. The van der Waals surface area contributed by atoms with E-state index >= 15 is 0 Å². The smallest absolute Gasteiger partial charge is 0.241 e. The second-order valence-electron chi connectivity index (χ2n) is 8.67. The lowest BCUT2D eigenvalue weighted by Crippen LogP contribution is -2.43. The van der Waals surface area contributed by atoms with Crippen molar-refractivity contribution in [3.63, 3.8) is 0 Å². The van der Waals surface area contributed by atoms with E-state index in [0.29, 0.717) is 24.8 Å². The van der Waals surface area contributed by atoms with Crippen molar-refractivity contribution in [3.05, 3.63) is 64.5 Å². The Morgan fingerprint density at radius 2 is 2.03 bits per heavy atom. The van der Waals surface area contributed by atoms with Crippen LogP contribution in [0.2, 0.25) is 0 Å². The number of hydrogen-bond donors (Lipinski definition) is 1. The Hall–Kier alpha value is -2.56. The molecule has 1 saturated heterocycles. The standard InChI is InChI=1S/C24H27BrN4O4S/c1-16(17-8-10-21(11-9-17)34(2,31)32)26-24(30)19-6-4-12-29(14-19)15-22-27-23(28-33-22)18-5-3-7-20(25)13-18/h3,5,7-11,13,16,19H,4,6,12,14-15H2,1-2H3,(H,26,30). The fraction of sp³-hybridized carbons (Fsp3) is 0.375. The molecule has 0 saturated carbocycles. The van der Waals surface area contributed by atoms with Crippen LogP contribution in [0.15, 0.2) is 62.4 Å². The SMILES string of the molecule is CC(NC(=O)C1CCCN(Cc2nc(-c3cccc(Br)c3)no2)C1)c1ccc(S(C)(=O)=O)cc1. The normalized spacial score (nSPS) is 17.9. The molecule has 1 amide bonds. The van der Waals surface area contributed by atoms with Gasteiger partial charge in [0.05, 0.1) is 23.4 Å². The minimum absolute atomic E-state index is 0.00950. The van der Waals surface area contributed by atoms with E-state index < -0.39 is 9.84 Å². The number of piperidine rings is 1. The van der Waals surface area contributed by atoms with E-state index in [1.807, 2.05) is 31.2 Å². The van der Waals surface area contributed by atoms with Crippen molar-refractivity contribution in [2.75, 3.05) is 19.3 Å². The highest BCUT2D eigenvalue weighted by Gasteiger charge is 2.28. The summed E-state index contributed by atoms with van der Waals surface area (Å²) < 4.78 is 29.7. The Bertz CT molecular complexity index is 1260. The van der Waals surface area contributed by atoms with Gasteiger partial charge in [0.1, 0.15) is 0 Å². The lowest BCUT2D eigenvalue weighted by molar-refractivity contribution is -0.127. The molecule has 2 heterocycles. The van der Waals surface area contributed by atoms with Crippen molar-refractivity contribution < 1.29 is 17.7 Å². The number of sulfone groups is 1. The van der Waals surface area contributed by atoms with Gasteiger partial charge in [0, 0.05) is 22.8 Å². The summed E-state index contributed by atoms with van der Waals surface area (Å²) in [7, 11) is -3.25. The van der Waals surface area contributed by atoms with E-state index in [0.717, 1.165) is 35.0 Å². The van der Waals surface area contributed by atoms with E-state index in [-0.39, 0.29) is 22.8 Å². The second kappa shape index (κ2) is 10.4. The van der Waals surface area contributed by atoms with Crippen LogP contribution in [0, 0.1) is 5.92 Å². The van der Waals surface area contributed by atoms with Crippen LogP contribution in [-0.4, -0.2) is 48.7 Å². The van der Waals surface area contributed by atoms with E-state index in [1.54, 1.807) is 24.3 Å². The van der Waals surface area contributed by atoms with Crippen molar-refractivity contribution in [1.82, 2.24) is 20.4 Å². The minimum atomic E-state index is -3.25. The van der Waals surface area contributed by atoms with Crippen molar-refractivity contribution in [2.24, 2.45) is 5.92 Å². The number of hydrogen-bond acceptors (Lipinski definition) is 7. The number of carbonyl (C=O) groups excluding carboxylic acids is 1. The average Bonchev–Trinajstić information content (AvgIpc) is 3.27. The summed E-state index contributed by atoms with van der Waals surface area (Å²) >= 11 is 3.45. The summed E-state index contributed by atoms with van der Waals surface area (Å²) in [4.78, 5) is 19.9. The average molecular weight is 547 g/mol. The Kier molecular flexibility index (Phi) is 7.49. The zero-order valence-corrected chi connectivity index (χ0v) is 21.5. The van der Waals surface area contributed by atoms with Crippen LogP contribution >= 0.6 is 15.9 Å². The molecule has 1 N–H and O–H groups in total. The molecule has 0 spiro atoms. The van der Waals surface area contributed by atoms with E-state index in [1.165, 1.54) is 6.26 Å². The molecule has 8 nitrogen and oxygen atoms in total. The number of amides is 1. The van der Waals surface area contributed by atoms with E-state index in [4.69, 9.17) is 4.52 Å². The van der Waals surface area contributed by atoms with Gasteiger partial charge < -0.3 is 9.84 Å². The highest BCUT2D eigenvalue weighted by atomic mass is 79.9. The number of nitrogens with one attached hydrogen (secondary N) is 1. The van der Waals surface area contributed by atoms with Gasteiger partial charge in [0.2, 0.25) is 17.6 Å². The molecule has 2 atom stereocenters. The summed E-state index contributed by atoms with van der Waals surface area (Å²) in [6.45, 7) is 3.87. The summed E-state index contributed by atoms with van der Waals surface area (Å²) in [5.74, 6) is 0.914. The summed E-state index contributed by atoms with van der Waals surface area (Å²) in [5, 5.41) is 7.16. The predicted octanol–water partition coefficient (Wildman–Crippen LogP) is 3.99. The van der Waals surface area contributed by atoms with Gasteiger partial charge in [-0.3, -0.25) is 9.69 Å². The Labute approximate surface area is 207 Å². The van der Waals surface area contributed by atoms with Crippen LogP contribution in [-0.2, 0) is 21.2 Å². The van der Waals surface area contributed by atoms with Gasteiger partial charge >= 0.3 is 0 Å². The second-order valence-corrected chi connectivity index (χ2v) is 11.6. The number of carbonyl (C=O) groups is 1. The first-order valence-corrected chi connectivity index (χ1v) is 13.8. The number of benzene rings is 2. The van der Waals surface area contributed by atoms with Gasteiger partial charge in [-0.1, -0.05) is 45.4 Å². The molecule has 4 rings (SSSR count). The van der Waals surface area contributed by atoms with Gasteiger partial charge in [-0.15, -0.1) is 0 Å². The fourth-order valence-corrected chi connectivity index (χ4v) is 5.12. The van der Waals surface area contributed by atoms with Crippen LogP contribution in [0.25, 0.3) is 11.4 Å². The molecular formula is C24H27BrN4O4S. The number of aromatic nitrogens is 2. The molecule has 0 bridgehead atoms. The van der Waals surface area contributed by atoms with Crippen molar-refractivity contribution >= 4 is 31.7 Å². The van der Waals surface area contributed by atoms with Crippen LogP contribution in [0.1, 0.15) is 37.3 Å². The largest absolute Gasteiger partial charge is 0.349 e. The van der Waals surface area contributed by atoms with Gasteiger partial charge in [-0.05, 0) is 56.1 Å². The van der Waals surface area contributed by atoms with Crippen LogP contribution in [0.3, 0.4) is 0 Å². The molecular weight excluding hydrogens is 520 g/mol. The highest BCUT2D eigenvalue weighted by Crippen LogP contribution is 2.23. The quantitative estimate of drug-likeness (QED) is 0.477. The Balaban J connectivity index is 1.34. The Morgan fingerprint density at radius 1 is 1.26 bits per heavy atom. The van der Waals surface area contributed by atoms with Crippen LogP contribution in [0.5, 0.6) is 0 Å². The predicted molar refractivity (Wildman–Crippen MR) is 132 cm³/mol. The third-order valence-electron chi connectivity index (χ3n) is 5.95. The molecule has 2 aromatic carbocycles. The number of rotatable bonds is 7. The first kappa shape index (κ1) is 24.6. The van der Waals surface area contributed by atoms with Crippen molar-refractivity contribution in [3.8, 4) is 11.4 Å². The molecule has 0 radical (unpaired) electrons. The molecule has 180 valence electrons. The Morgan fingerprint density at radius 3 is 2.74 bits per heavy atom. The first-order chi connectivity index (χ1) is 16.2. The van der Waals surface area contributed by atoms with Gasteiger partial charge in [-0.25, -0.2) is 8.42 Å². The number of nitrogens with zero attached hydrogens (tertiary/aromatic N) is 3. The van der Waals surface area contributed by atoms with Crippen LogP contribution < -0.4 is 5.32 Å². The van der Waals surface area contributed by atoms with Crippen molar-refractivity contribution in [1.29, 1.82) is 0 Å². The van der Waals surface area contributed by atoms with E-state index in [2.05, 4.69) is 36.3 Å². The highest BCUT2D eigenvalue weighted by molar-refractivity contribution is 9.10. The number of likely N-dealkylation sites (tertiary alicyclic amines) is 1. The lowest BCUT2D eigenvalue weighted by Gasteiger charge is -2.31. The minimum Gasteiger partial charge on any atom is -0.349 e. The molecule has 10 heteroatoms. The third kappa shape index (κ3) is 6.11. The van der Waals surface area contributed by atoms with Crippen molar-refractivity contribution in [2.45, 2.75) is 37.2 Å². The molecule has 1 aliphatic rings. The van der Waals surface area contributed by atoms with Gasteiger partial charge in [0.25, 0.3) is 0 Å². The molecule has 0 aliphatic carbocycles. The van der Waals surface area contributed by atoms with Gasteiger partial charge in [0.15, 0.2) is 9.84 Å². The maximum absolute atomic E-state index is 12.9. The molecule has 1 aliphatic heterocycles. The molecule has 34 heavy (non-hydrogen) atoms. The topological polar surface area (TPSA) is 105 Å². The molecule has 3 aromatic rings. The zero-order valence-electron chi connectivity index (χ0n) is 19.1. The molecule has 2 unspecified atom stereocenters. The summed E-state index contributed by atoms with van der Waals surface area (Å²) in [6.07, 6.45) is 2.90. The molecule has 1 fully saturated rings.